The average molecular weight is 522 g/mol. The number of alkyl halides is 2. The maximum absolute atomic E-state index is 11.1. The summed E-state index contributed by atoms with van der Waals surface area (Å²) in [4.78, 5) is 22.7. The molecule has 0 aliphatic heterocycles. The molecule has 0 unspecified atom stereocenters. The van der Waals surface area contributed by atoms with E-state index in [4.69, 9.17) is 0 Å². The van der Waals surface area contributed by atoms with Crippen LogP contribution in [0.4, 0.5) is 11.4 Å². The first-order valence-electron chi connectivity index (χ1n) is 7.40. The first-order valence-corrected chi connectivity index (χ1v) is 11.2. The molecule has 138 valence electrons. The summed E-state index contributed by atoms with van der Waals surface area (Å²) >= 11 is 10.0. The summed E-state index contributed by atoms with van der Waals surface area (Å²) in [5, 5.41) is 22.1. The van der Waals surface area contributed by atoms with Crippen molar-refractivity contribution in [1.29, 1.82) is 0 Å². The lowest BCUT2D eigenvalue weighted by molar-refractivity contribution is -0.387. The van der Waals surface area contributed by atoms with Gasteiger partial charge in [0.1, 0.15) is 0 Å². The van der Waals surface area contributed by atoms with Crippen molar-refractivity contribution < 1.29 is 9.85 Å². The maximum atomic E-state index is 11.1. The number of nitro groups is 2. The lowest BCUT2D eigenvalue weighted by Crippen LogP contribution is -2.19. The fourth-order valence-electron chi connectivity index (χ4n) is 2.01. The fourth-order valence-corrected chi connectivity index (χ4v) is 5.74. The van der Waals surface area contributed by atoms with Crippen LogP contribution in [0.3, 0.4) is 0 Å². The minimum absolute atomic E-state index is 0.0441. The molecule has 0 heterocycles. The molecule has 0 N–H and O–H groups in total. The minimum Gasteiger partial charge on any atom is -0.258 e. The number of hydrogen-bond donors (Lipinski definition) is 0. The van der Waals surface area contributed by atoms with Gasteiger partial charge < -0.3 is 0 Å². The van der Waals surface area contributed by atoms with Crippen molar-refractivity contribution in [2.24, 2.45) is 0 Å². The Morgan fingerprint density at radius 3 is 1.46 bits per heavy atom. The molecule has 0 aliphatic rings. The van der Waals surface area contributed by atoms with E-state index in [2.05, 4.69) is 31.9 Å². The summed E-state index contributed by atoms with van der Waals surface area (Å²) < 4.78 is 0. The van der Waals surface area contributed by atoms with Gasteiger partial charge in [0.05, 0.1) is 19.6 Å². The second kappa shape index (κ2) is 10.3. The van der Waals surface area contributed by atoms with Gasteiger partial charge in [0.15, 0.2) is 0 Å². The Hall–Kier alpha value is -1.10. The third kappa shape index (κ3) is 5.97. The number of rotatable bonds is 9. The highest BCUT2D eigenvalue weighted by Gasteiger charge is 2.21. The zero-order valence-electron chi connectivity index (χ0n) is 13.3. The van der Waals surface area contributed by atoms with Crippen LogP contribution in [0.1, 0.15) is 0 Å². The van der Waals surface area contributed by atoms with Gasteiger partial charge >= 0.3 is 0 Å². The van der Waals surface area contributed by atoms with E-state index in [1.165, 1.54) is 35.7 Å². The van der Waals surface area contributed by atoms with E-state index in [0.29, 0.717) is 21.3 Å². The molecule has 0 aliphatic carbocycles. The Labute approximate surface area is 175 Å². The molecule has 0 spiro atoms. The molecule has 2 rings (SSSR count). The SMILES string of the molecule is O=[N+]([O-])c1ccccc1SC[C@@H](Br)[C@H](Br)CSc1ccccc1[N+](=O)[O-]. The lowest BCUT2D eigenvalue weighted by atomic mass is 10.3. The predicted molar refractivity (Wildman–Crippen MR) is 113 cm³/mol. The molecule has 0 aromatic heterocycles. The normalized spacial score (nSPS) is 13.2. The van der Waals surface area contributed by atoms with E-state index in [1.807, 2.05) is 0 Å². The van der Waals surface area contributed by atoms with Gasteiger partial charge in [-0.15, -0.1) is 23.5 Å². The first-order chi connectivity index (χ1) is 12.4. The van der Waals surface area contributed by atoms with Crippen LogP contribution in [-0.4, -0.2) is 31.0 Å². The molecule has 0 fully saturated rings. The van der Waals surface area contributed by atoms with E-state index in [1.54, 1.807) is 36.4 Å². The zero-order valence-corrected chi connectivity index (χ0v) is 18.1. The second-order valence-corrected chi connectivity index (χ2v) is 9.58. The van der Waals surface area contributed by atoms with Crippen LogP contribution >= 0.6 is 55.4 Å². The van der Waals surface area contributed by atoms with E-state index in [0.717, 1.165) is 0 Å². The number of benzene rings is 2. The third-order valence-electron chi connectivity index (χ3n) is 3.31. The summed E-state index contributed by atoms with van der Waals surface area (Å²) in [7, 11) is 0. The summed E-state index contributed by atoms with van der Waals surface area (Å²) in [6.07, 6.45) is 0. The van der Waals surface area contributed by atoms with Crippen LogP contribution in [0, 0.1) is 20.2 Å². The molecule has 26 heavy (non-hydrogen) atoms. The van der Waals surface area contributed by atoms with Crippen molar-refractivity contribution in [3.63, 3.8) is 0 Å². The molecule has 0 bridgehead atoms. The van der Waals surface area contributed by atoms with Crippen LogP contribution in [0.2, 0.25) is 0 Å². The zero-order chi connectivity index (χ0) is 19.1. The van der Waals surface area contributed by atoms with E-state index in [9.17, 15) is 20.2 Å². The minimum atomic E-state index is -0.387. The van der Waals surface area contributed by atoms with Crippen LogP contribution in [0.5, 0.6) is 0 Å². The summed E-state index contributed by atoms with van der Waals surface area (Å²) in [6.45, 7) is 0. The molecular formula is C16H14Br2N2O4S2. The molecule has 0 radical (unpaired) electrons. The van der Waals surface area contributed by atoms with E-state index in [-0.39, 0.29) is 30.9 Å². The largest absolute Gasteiger partial charge is 0.282 e. The van der Waals surface area contributed by atoms with E-state index < -0.39 is 0 Å². The van der Waals surface area contributed by atoms with Gasteiger partial charge in [-0.2, -0.15) is 0 Å². The van der Waals surface area contributed by atoms with Gasteiger partial charge in [0.25, 0.3) is 11.4 Å². The highest BCUT2D eigenvalue weighted by Crippen LogP contribution is 2.34. The van der Waals surface area contributed by atoms with Gasteiger partial charge in [-0.05, 0) is 12.1 Å². The quantitative estimate of drug-likeness (QED) is 0.176. The second-order valence-electron chi connectivity index (χ2n) is 5.10. The maximum Gasteiger partial charge on any atom is 0.282 e. The van der Waals surface area contributed by atoms with Crippen molar-refractivity contribution >= 4 is 66.8 Å². The first kappa shape index (κ1) is 21.2. The molecule has 2 aromatic carbocycles. The highest BCUT2D eigenvalue weighted by atomic mass is 79.9. The van der Waals surface area contributed by atoms with Crippen LogP contribution in [0.25, 0.3) is 0 Å². The number of thioether (sulfide) groups is 2. The van der Waals surface area contributed by atoms with E-state index >= 15 is 0 Å². The number of nitrogens with zero attached hydrogens (tertiary/aromatic N) is 2. The number of hydrogen-bond acceptors (Lipinski definition) is 6. The Morgan fingerprint density at radius 1 is 0.769 bits per heavy atom. The average Bonchev–Trinajstić information content (AvgIpc) is 2.64. The van der Waals surface area contributed by atoms with Crippen molar-refractivity contribution in [3.05, 3.63) is 68.8 Å². The van der Waals surface area contributed by atoms with Crippen molar-refractivity contribution in [2.75, 3.05) is 11.5 Å². The molecule has 0 amide bonds. The standard InChI is InChI=1S/C16H14Br2N2O4S2/c17-11(9-25-15-7-3-1-5-13(15)19(21)22)12(18)10-26-16-8-4-2-6-14(16)20(23)24/h1-8,11-12H,9-10H2/t11-,12-/m1/s1. The summed E-state index contributed by atoms with van der Waals surface area (Å²) in [6, 6.07) is 13.3. The van der Waals surface area contributed by atoms with Crippen molar-refractivity contribution in [3.8, 4) is 0 Å². The van der Waals surface area contributed by atoms with Crippen LogP contribution in [0.15, 0.2) is 58.3 Å². The summed E-state index contributed by atoms with van der Waals surface area (Å²) in [5.74, 6) is 1.25. The van der Waals surface area contributed by atoms with Crippen LogP contribution < -0.4 is 0 Å². The predicted octanol–water partition coefficient (Wildman–Crippen LogP) is 5.91. The molecule has 2 atom stereocenters. The number of para-hydroxylation sites is 2. The van der Waals surface area contributed by atoms with Gasteiger partial charge in [-0.25, -0.2) is 0 Å². The molecule has 2 aromatic rings. The Balaban J connectivity index is 1.92. The monoisotopic (exact) mass is 520 g/mol. The highest BCUT2D eigenvalue weighted by molar-refractivity contribution is 9.12. The topological polar surface area (TPSA) is 86.3 Å². The Bertz CT molecular complexity index is 729. The molecule has 0 saturated heterocycles. The van der Waals surface area contributed by atoms with Gasteiger partial charge in [-0.3, -0.25) is 20.2 Å². The van der Waals surface area contributed by atoms with Gasteiger partial charge in [0, 0.05) is 33.3 Å². The molecule has 0 saturated carbocycles. The van der Waals surface area contributed by atoms with Crippen molar-refractivity contribution in [2.45, 2.75) is 19.4 Å². The smallest absolute Gasteiger partial charge is 0.258 e. The number of halogens is 2. The van der Waals surface area contributed by atoms with Crippen molar-refractivity contribution in [1.82, 2.24) is 0 Å². The molecule has 6 nitrogen and oxygen atoms in total. The lowest BCUT2D eigenvalue weighted by Gasteiger charge is -2.16. The van der Waals surface area contributed by atoms with Crippen LogP contribution in [-0.2, 0) is 0 Å². The van der Waals surface area contributed by atoms with Gasteiger partial charge in [0.2, 0.25) is 0 Å². The third-order valence-corrected chi connectivity index (χ3v) is 9.17. The fraction of sp³-hybridized carbons (Fsp3) is 0.250. The Kier molecular flexibility index (Phi) is 8.39. The molecule has 10 heteroatoms. The Morgan fingerprint density at radius 2 is 1.12 bits per heavy atom. The molecular weight excluding hydrogens is 508 g/mol. The summed E-state index contributed by atoms with van der Waals surface area (Å²) in [5.41, 5.74) is 0.190. The number of nitro benzene ring substituents is 2. The van der Waals surface area contributed by atoms with Gasteiger partial charge in [-0.1, -0.05) is 56.1 Å².